The third-order valence-electron chi connectivity index (χ3n) is 2.47. The lowest BCUT2D eigenvalue weighted by Gasteiger charge is -2.05. The molecule has 0 unspecified atom stereocenters. The lowest BCUT2D eigenvalue weighted by atomic mass is 10.2. The van der Waals surface area contributed by atoms with E-state index in [9.17, 15) is 14.9 Å². The molecule has 0 amide bonds. The maximum Gasteiger partial charge on any atom is 0.354 e. The molecular weight excluding hydrogens is 264 g/mol. The van der Waals surface area contributed by atoms with Crippen LogP contribution in [0, 0.1) is 10.1 Å². The molecule has 8 heteroatoms. The minimum Gasteiger partial charge on any atom is -0.477 e. The highest BCUT2D eigenvalue weighted by Gasteiger charge is 2.07. The molecule has 2 N–H and O–H groups in total. The number of nitrogens with zero attached hydrogens (tertiary/aromatic N) is 3. The van der Waals surface area contributed by atoms with Gasteiger partial charge in [0.05, 0.1) is 11.0 Å². The smallest absolute Gasteiger partial charge is 0.354 e. The van der Waals surface area contributed by atoms with Crippen molar-refractivity contribution in [2.24, 2.45) is 0 Å². The number of rotatable bonds is 5. The molecule has 8 nitrogen and oxygen atoms in total. The van der Waals surface area contributed by atoms with Crippen LogP contribution in [0.15, 0.2) is 36.7 Å². The van der Waals surface area contributed by atoms with E-state index in [-0.39, 0.29) is 11.4 Å². The molecule has 0 spiro atoms. The summed E-state index contributed by atoms with van der Waals surface area (Å²) in [4.78, 5) is 28.5. The topological polar surface area (TPSA) is 118 Å². The van der Waals surface area contributed by atoms with Gasteiger partial charge in [-0.25, -0.2) is 14.8 Å². The van der Waals surface area contributed by atoms with E-state index in [0.29, 0.717) is 12.4 Å². The van der Waals surface area contributed by atoms with Crippen molar-refractivity contribution in [1.82, 2.24) is 9.97 Å². The van der Waals surface area contributed by atoms with Crippen LogP contribution in [-0.4, -0.2) is 26.0 Å². The molecule has 0 aliphatic heterocycles. The zero-order valence-electron chi connectivity index (χ0n) is 10.2. The van der Waals surface area contributed by atoms with Crippen LogP contribution < -0.4 is 5.32 Å². The highest BCUT2D eigenvalue weighted by molar-refractivity contribution is 5.85. The highest BCUT2D eigenvalue weighted by atomic mass is 16.6. The Morgan fingerprint density at radius 3 is 2.75 bits per heavy atom. The van der Waals surface area contributed by atoms with Gasteiger partial charge in [0.15, 0.2) is 0 Å². The fourth-order valence-electron chi connectivity index (χ4n) is 1.48. The van der Waals surface area contributed by atoms with Crippen molar-refractivity contribution in [1.29, 1.82) is 0 Å². The lowest BCUT2D eigenvalue weighted by molar-refractivity contribution is -0.384. The molecule has 0 radical (unpaired) electrons. The number of nitrogens with one attached hydrogen (secondary N) is 1. The van der Waals surface area contributed by atoms with E-state index in [1.54, 1.807) is 6.07 Å². The van der Waals surface area contributed by atoms with Crippen LogP contribution in [0.1, 0.15) is 16.1 Å². The Kier molecular flexibility index (Phi) is 3.85. The minimum absolute atomic E-state index is 0.0396. The summed E-state index contributed by atoms with van der Waals surface area (Å²) in [7, 11) is 0. The molecule has 2 aromatic heterocycles. The number of carbonyl (C=O) groups is 1. The van der Waals surface area contributed by atoms with Crippen LogP contribution in [0.4, 0.5) is 11.5 Å². The van der Waals surface area contributed by atoms with E-state index >= 15 is 0 Å². The van der Waals surface area contributed by atoms with Gasteiger partial charge in [-0.05, 0) is 11.6 Å². The summed E-state index contributed by atoms with van der Waals surface area (Å²) in [6.45, 7) is 0.334. The fraction of sp³-hybridized carbons (Fsp3) is 0.0833. The normalized spacial score (nSPS) is 10.0. The van der Waals surface area contributed by atoms with Gasteiger partial charge in [0.1, 0.15) is 11.5 Å². The summed E-state index contributed by atoms with van der Waals surface area (Å²) in [5, 5.41) is 22.2. The summed E-state index contributed by atoms with van der Waals surface area (Å²) in [6.07, 6.45) is 2.76. The molecule has 2 heterocycles. The van der Waals surface area contributed by atoms with Crippen molar-refractivity contribution < 1.29 is 14.8 Å². The van der Waals surface area contributed by atoms with Crippen LogP contribution in [0.2, 0.25) is 0 Å². The molecule has 0 saturated heterocycles. The number of hydrogen-bond donors (Lipinski definition) is 2. The van der Waals surface area contributed by atoms with Crippen molar-refractivity contribution in [2.45, 2.75) is 6.54 Å². The lowest BCUT2D eigenvalue weighted by Crippen LogP contribution is -2.04. The van der Waals surface area contributed by atoms with Crippen molar-refractivity contribution >= 4 is 17.5 Å². The number of aromatic nitrogens is 2. The summed E-state index contributed by atoms with van der Waals surface area (Å²) in [6, 6.07) is 5.62. The number of carboxylic acid groups (broad SMARTS) is 1. The van der Waals surface area contributed by atoms with Crippen molar-refractivity contribution in [2.75, 3.05) is 5.32 Å². The van der Waals surface area contributed by atoms with Gasteiger partial charge in [0.2, 0.25) is 0 Å². The second-order valence-electron chi connectivity index (χ2n) is 3.87. The minimum atomic E-state index is -1.09. The van der Waals surface area contributed by atoms with Gasteiger partial charge in [-0.3, -0.25) is 10.1 Å². The quantitative estimate of drug-likeness (QED) is 0.629. The predicted molar refractivity (Wildman–Crippen MR) is 69.4 cm³/mol. The molecule has 2 aromatic rings. The average Bonchev–Trinajstić information content (AvgIpc) is 2.46. The van der Waals surface area contributed by atoms with Gasteiger partial charge >= 0.3 is 5.97 Å². The van der Waals surface area contributed by atoms with Gasteiger partial charge < -0.3 is 10.4 Å². The van der Waals surface area contributed by atoms with Gasteiger partial charge in [0.25, 0.3) is 5.69 Å². The van der Waals surface area contributed by atoms with Crippen molar-refractivity contribution in [3.05, 3.63) is 58.0 Å². The monoisotopic (exact) mass is 274 g/mol. The summed E-state index contributed by atoms with van der Waals surface area (Å²) < 4.78 is 0. The Labute approximate surface area is 113 Å². The van der Waals surface area contributed by atoms with Crippen LogP contribution in [0.3, 0.4) is 0 Å². The zero-order valence-corrected chi connectivity index (χ0v) is 10.2. The molecule has 0 bridgehead atoms. The Bertz CT molecular complexity index is 642. The SMILES string of the molecule is O=C(O)c1ccc(CNc2cc([N+](=O)[O-])ccn2)cn1. The number of aromatic carboxylic acids is 1. The average molecular weight is 274 g/mol. The number of pyridine rings is 2. The summed E-state index contributed by atoms with van der Waals surface area (Å²) in [5.74, 6) is -0.730. The third-order valence-corrected chi connectivity index (χ3v) is 2.47. The van der Waals surface area contributed by atoms with Crippen LogP contribution in [-0.2, 0) is 6.54 Å². The summed E-state index contributed by atoms with van der Waals surface area (Å²) >= 11 is 0. The van der Waals surface area contributed by atoms with Crippen LogP contribution >= 0.6 is 0 Å². The van der Waals surface area contributed by atoms with Crippen molar-refractivity contribution in [3.63, 3.8) is 0 Å². The van der Waals surface area contributed by atoms with Crippen molar-refractivity contribution in [3.8, 4) is 0 Å². The zero-order chi connectivity index (χ0) is 14.5. The molecule has 0 aliphatic carbocycles. The molecule has 0 atom stereocenters. The second kappa shape index (κ2) is 5.74. The van der Waals surface area contributed by atoms with Gasteiger partial charge in [0, 0.05) is 25.0 Å². The standard InChI is InChI=1S/C12H10N4O4/c17-12(18)10-2-1-8(6-14-10)7-15-11-5-9(16(19)20)3-4-13-11/h1-6H,7H2,(H,13,15)(H,17,18). The van der Waals surface area contributed by atoms with E-state index in [2.05, 4.69) is 15.3 Å². The Morgan fingerprint density at radius 2 is 2.15 bits per heavy atom. The summed E-state index contributed by atoms with van der Waals surface area (Å²) in [5.41, 5.74) is 0.646. The first-order valence-corrected chi connectivity index (χ1v) is 5.59. The Balaban J connectivity index is 2.03. The Hall–Kier alpha value is -3.03. The van der Waals surface area contributed by atoms with E-state index in [4.69, 9.17) is 5.11 Å². The van der Waals surface area contributed by atoms with E-state index in [0.717, 1.165) is 5.56 Å². The fourth-order valence-corrected chi connectivity index (χ4v) is 1.48. The first-order chi connectivity index (χ1) is 9.56. The predicted octanol–water partition coefficient (Wildman–Crippen LogP) is 1.70. The first kappa shape index (κ1) is 13.4. The van der Waals surface area contributed by atoms with Gasteiger partial charge in [-0.15, -0.1) is 0 Å². The molecule has 0 saturated carbocycles. The van der Waals surface area contributed by atoms with Gasteiger partial charge in [-0.2, -0.15) is 0 Å². The molecule has 102 valence electrons. The molecule has 0 aromatic carbocycles. The third kappa shape index (κ3) is 3.25. The van der Waals surface area contributed by atoms with Crippen LogP contribution in [0.25, 0.3) is 0 Å². The number of nitro groups is 1. The second-order valence-corrected chi connectivity index (χ2v) is 3.87. The molecular formula is C12H10N4O4. The van der Waals surface area contributed by atoms with E-state index in [1.165, 1.54) is 30.6 Å². The number of carboxylic acids is 1. The molecule has 20 heavy (non-hydrogen) atoms. The first-order valence-electron chi connectivity index (χ1n) is 5.59. The van der Waals surface area contributed by atoms with E-state index in [1.807, 2.05) is 0 Å². The maximum absolute atomic E-state index is 10.6. The van der Waals surface area contributed by atoms with E-state index < -0.39 is 10.9 Å². The molecule has 2 rings (SSSR count). The Morgan fingerprint density at radius 1 is 1.35 bits per heavy atom. The largest absolute Gasteiger partial charge is 0.477 e. The molecule has 0 aliphatic rings. The van der Waals surface area contributed by atoms with Gasteiger partial charge in [-0.1, -0.05) is 6.07 Å². The number of hydrogen-bond acceptors (Lipinski definition) is 6. The molecule has 0 fully saturated rings. The number of anilines is 1. The maximum atomic E-state index is 10.6. The van der Waals surface area contributed by atoms with Crippen LogP contribution in [0.5, 0.6) is 0 Å². The highest BCUT2D eigenvalue weighted by Crippen LogP contribution is 2.14.